The predicted octanol–water partition coefficient (Wildman–Crippen LogP) is 4.55. The van der Waals surface area contributed by atoms with Gasteiger partial charge in [0.05, 0.1) is 6.61 Å². The third-order valence-electron chi connectivity index (χ3n) is 3.41. The second kappa shape index (κ2) is 8.21. The highest BCUT2D eigenvalue weighted by molar-refractivity contribution is 7.71. The van der Waals surface area contributed by atoms with Crippen LogP contribution < -0.4 is 4.74 Å². The van der Waals surface area contributed by atoms with Crippen LogP contribution >= 0.6 is 12.2 Å². The van der Waals surface area contributed by atoms with Crippen LogP contribution in [0.1, 0.15) is 12.5 Å². The van der Waals surface area contributed by atoms with Gasteiger partial charge < -0.3 is 4.74 Å². The largest absolute Gasteiger partial charge is 0.494 e. The molecule has 3 aromatic rings. The van der Waals surface area contributed by atoms with Crippen LogP contribution in [0, 0.1) is 4.77 Å². The van der Waals surface area contributed by atoms with E-state index in [1.807, 2.05) is 73.7 Å². The number of rotatable bonds is 6. The van der Waals surface area contributed by atoms with Gasteiger partial charge in [-0.3, -0.25) is 0 Å². The van der Waals surface area contributed by atoms with Crippen LogP contribution in [-0.4, -0.2) is 27.7 Å². The Morgan fingerprint density at radius 2 is 2.04 bits per heavy atom. The number of allylic oxidation sites excluding steroid dienone is 1. The van der Waals surface area contributed by atoms with E-state index in [9.17, 15) is 0 Å². The lowest BCUT2D eigenvalue weighted by molar-refractivity contribution is 0.340. The first-order valence-electron chi connectivity index (χ1n) is 7.94. The number of nitrogens with one attached hydrogen (secondary N) is 1. The van der Waals surface area contributed by atoms with Gasteiger partial charge in [0.2, 0.25) is 4.77 Å². The van der Waals surface area contributed by atoms with Crippen molar-refractivity contribution in [3.8, 4) is 17.1 Å². The molecule has 0 fully saturated rings. The molecule has 0 aliphatic heterocycles. The molecule has 1 aromatic heterocycles. The van der Waals surface area contributed by atoms with Crippen molar-refractivity contribution in [2.75, 3.05) is 6.61 Å². The van der Waals surface area contributed by atoms with Crippen molar-refractivity contribution in [2.24, 2.45) is 5.10 Å². The SMILES string of the molecule is CCOc1cccc(-c2n[nH]c(=S)n2N=CC=Cc2ccccc2)c1. The molecule has 0 saturated carbocycles. The van der Waals surface area contributed by atoms with E-state index in [4.69, 9.17) is 17.0 Å². The van der Waals surface area contributed by atoms with Crippen LogP contribution in [-0.2, 0) is 0 Å². The molecule has 0 aliphatic carbocycles. The van der Waals surface area contributed by atoms with E-state index < -0.39 is 0 Å². The lowest BCUT2D eigenvalue weighted by atomic mass is 10.2. The van der Waals surface area contributed by atoms with E-state index >= 15 is 0 Å². The standard InChI is InChI=1S/C19H18N4OS/c1-2-24-17-12-6-11-16(14-17)18-21-22-19(25)23(18)20-13-7-10-15-8-4-3-5-9-15/h3-14H,2H2,1H3,(H,22,25). The van der Waals surface area contributed by atoms with Crippen molar-refractivity contribution in [3.63, 3.8) is 0 Å². The molecule has 0 saturated heterocycles. The van der Waals surface area contributed by atoms with Gasteiger partial charge in [-0.15, -0.1) is 0 Å². The summed E-state index contributed by atoms with van der Waals surface area (Å²) < 4.78 is 7.56. The van der Waals surface area contributed by atoms with Crippen molar-refractivity contribution >= 4 is 24.5 Å². The fourth-order valence-electron chi connectivity index (χ4n) is 2.30. The minimum Gasteiger partial charge on any atom is -0.494 e. The molecule has 0 bridgehead atoms. The van der Waals surface area contributed by atoms with Crippen molar-refractivity contribution in [3.05, 3.63) is 71.0 Å². The fraction of sp³-hybridized carbons (Fsp3) is 0.105. The Balaban J connectivity index is 1.85. The number of H-pyrrole nitrogens is 1. The highest BCUT2D eigenvalue weighted by Gasteiger charge is 2.08. The average Bonchev–Trinajstić information content (AvgIpc) is 3.01. The van der Waals surface area contributed by atoms with Gasteiger partial charge in [0.15, 0.2) is 5.82 Å². The summed E-state index contributed by atoms with van der Waals surface area (Å²) in [7, 11) is 0. The Morgan fingerprint density at radius 3 is 2.84 bits per heavy atom. The summed E-state index contributed by atoms with van der Waals surface area (Å²) in [5.41, 5.74) is 1.98. The van der Waals surface area contributed by atoms with Gasteiger partial charge in [-0.1, -0.05) is 48.5 Å². The van der Waals surface area contributed by atoms with Gasteiger partial charge in [0.25, 0.3) is 0 Å². The number of hydrogen-bond donors (Lipinski definition) is 1. The van der Waals surface area contributed by atoms with E-state index in [0.29, 0.717) is 17.2 Å². The summed E-state index contributed by atoms with van der Waals surface area (Å²) in [6.45, 7) is 2.56. The topological polar surface area (TPSA) is 55.2 Å². The molecule has 5 nitrogen and oxygen atoms in total. The van der Waals surface area contributed by atoms with E-state index in [0.717, 1.165) is 16.9 Å². The van der Waals surface area contributed by atoms with Crippen LogP contribution in [0.15, 0.2) is 65.8 Å². The predicted molar refractivity (Wildman–Crippen MR) is 103 cm³/mol. The minimum atomic E-state index is 0.432. The molecular weight excluding hydrogens is 332 g/mol. The molecule has 0 aliphatic rings. The average molecular weight is 350 g/mol. The first kappa shape index (κ1) is 16.9. The van der Waals surface area contributed by atoms with Crippen LogP contribution in [0.4, 0.5) is 0 Å². The Morgan fingerprint density at radius 1 is 1.20 bits per heavy atom. The smallest absolute Gasteiger partial charge is 0.216 e. The molecule has 0 atom stereocenters. The molecule has 0 spiro atoms. The zero-order valence-corrected chi connectivity index (χ0v) is 14.6. The molecule has 1 N–H and O–H groups in total. The van der Waals surface area contributed by atoms with Crippen LogP contribution in [0.5, 0.6) is 5.75 Å². The lowest BCUT2D eigenvalue weighted by Crippen LogP contribution is -1.95. The minimum absolute atomic E-state index is 0.432. The van der Waals surface area contributed by atoms with Gasteiger partial charge in [0, 0.05) is 11.8 Å². The summed E-state index contributed by atoms with van der Waals surface area (Å²) in [5, 5.41) is 11.5. The quantitative estimate of drug-likeness (QED) is 0.524. The van der Waals surface area contributed by atoms with Crippen molar-refractivity contribution in [1.29, 1.82) is 0 Å². The van der Waals surface area contributed by atoms with Crippen molar-refractivity contribution < 1.29 is 4.74 Å². The fourth-order valence-corrected chi connectivity index (χ4v) is 2.48. The Kier molecular flexibility index (Phi) is 5.53. The number of aromatic nitrogens is 3. The normalized spacial score (nSPS) is 11.4. The summed E-state index contributed by atoms with van der Waals surface area (Å²) in [6.07, 6.45) is 5.53. The number of nitrogens with zero attached hydrogens (tertiary/aromatic N) is 3. The highest BCUT2D eigenvalue weighted by Crippen LogP contribution is 2.22. The highest BCUT2D eigenvalue weighted by atomic mass is 32.1. The van der Waals surface area contributed by atoms with Gasteiger partial charge >= 0.3 is 0 Å². The van der Waals surface area contributed by atoms with Crippen LogP contribution in [0.3, 0.4) is 0 Å². The van der Waals surface area contributed by atoms with E-state index in [1.165, 1.54) is 0 Å². The molecule has 3 rings (SSSR count). The zero-order valence-electron chi connectivity index (χ0n) is 13.8. The first-order chi connectivity index (χ1) is 12.3. The maximum atomic E-state index is 5.54. The third kappa shape index (κ3) is 4.30. The molecule has 0 unspecified atom stereocenters. The van der Waals surface area contributed by atoms with Gasteiger partial charge in [-0.05, 0) is 42.9 Å². The number of ether oxygens (including phenoxy) is 1. The summed E-state index contributed by atoms with van der Waals surface area (Å²) in [5.74, 6) is 1.42. The van der Waals surface area contributed by atoms with E-state index in [1.54, 1.807) is 10.9 Å². The lowest BCUT2D eigenvalue weighted by Gasteiger charge is -2.05. The molecule has 25 heavy (non-hydrogen) atoms. The second-order valence-electron chi connectivity index (χ2n) is 5.16. The Labute approximate surface area is 151 Å². The Bertz CT molecular complexity index is 941. The van der Waals surface area contributed by atoms with Gasteiger partial charge in [-0.25, -0.2) is 5.10 Å². The van der Waals surface area contributed by atoms with Crippen molar-refractivity contribution in [1.82, 2.24) is 14.9 Å². The first-order valence-corrected chi connectivity index (χ1v) is 8.35. The molecule has 1 heterocycles. The van der Waals surface area contributed by atoms with Crippen LogP contribution in [0.2, 0.25) is 0 Å². The number of aromatic amines is 1. The van der Waals surface area contributed by atoms with E-state index in [2.05, 4.69) is 15.3 Å². The number of hydrogen-bond acceptors (Lipinski definition) is 4. The molecule has 6 heteroatoms. The van der Waals surface area contributed by atoms with Gasteiger partial charge in [-0.2, -0.15) is 14.9 Å². The molecule has 2 aromatic carbocycles. The number of benzene rings is 2. The Hall–Kier alpha value is -2.99. The third-order valence-corrected chi connectivity index (χ3v) is 3.67. The summed E-state index contributed by atoms with van der Waals surface area (Å²) >= 11 is 5.28. The van der Waals surface area contributed by atoms with E-state index in [-0.39, 0.29) is 0 Å². The van der Waals surface area contributed by atoms with Crippen LogP contribution in [0.25, 0.3) is 17.5 Å². The molecule has 0 amide bonds. The van der Waals surface area contributed by atoms with Crippen molar-refractivity contribution in [2.45, 2.75) is 6.92 Å². The molecular formula is C19H18N4OS. The summed E-state index contributed by atoms with van der Waals surface area (Å²) in [6, 6.07) is 17.7. The molecule has 0 radical (unpaired) electrons. The maximum absolute atomic E-state index is 5.54. The second-order valence-corrected chi connectivity index (χ2v) is 5.55. The maximum Gasteiger partial charge on any atom is 0.216 e. The zero-order chi connectivity index (χ0) is 17.5. The molecule has 126 valence electrons. The summed E-state index contributed by atoms with van der Waals surface area (Å²) in [4.78, 5) is 0. The monoisotopic (exact) mass is 350 g/mol. The van der Waals surface area contributed by atoms with Gasteiger partial charge in [0.1, 0.15) is 5.75 Å².